The minimum absolute atomic E-state index is 0.0523. The van der Waals surface area contributed by atoms with Crippen LogP contribution in [0, 0.1) is 3.70 Å². The molecule has 0 unspecified atom stereocenters. The van der Waals surface area contributed by atoms with Gasteiger partial charge in [-0.05, 0) is 34.7 Å². The predicted molar refractivity (Wildman–Crippen MR) is 91.2 cm³/mol. The van der Waals surface area contributed by atoms with Gasteiger partial charge in [-0.3, -0.25) is 9.20 Å². The van der Waals surface area contributed by atoms with Gasteiger partial charge in [0.2, 0.25) is 5.91 Å². The topological polar surface area (TPSA) is 60.4 Å². The molecule has 0 saturated heterocycles. The molecule has 4 nitrogen and oxygen atoms in total. The van der Waals surface area contributed by atoms with Crippen LogP contribution in [-0.4, -0.2) is 15.3 Å². The second-order valence-electron chi connectivity index (χ2n) is 5.15. The fraction of sp³-hybridized carbons (Fsp3) is 0.125. The van der Waals surface area contributed by atoms with E-state index in [-0.39, 0.29) is 10.1 Å². The highest BCUT2D eigenvalue weighted by atomic mass is 127. The number of carbonyl (C=O) groups excluding carboxylic acids is 1. The third kappa shape index (κ3) is 2.97. The van der Waals surface area contributed by atoms with Crippen molar-refractivity contribution in [2.45, 2.75) is 12.6 Å². The number of amides is 1. The molecule has 2 heterocycles. The number of benzene rings is 1. The zero-order valence-corrected chi connectivity index (χ0v) is 14.3. The van der Waals surface area contributed by atoms with Crippen LogP contribution in [0.3, 0.4) is 0 Å². The molecule has 0 radical (unpaired) electrons. The van der Waals surface area contributed by atoms with Gasteiger partial charge in [0.15, 0.2) is 0 Å². The van der Waals surface area contributed by atoms with E-state index in [1.807, 2.05) is 6.07 Å². The summed E-state index contributed by atoms with van der Waals surface area (Å²) >= 11 is 1.62. The van der Waals surface area contributed by atoms with Crippen molar-refractivity contribution in [1.29, 1.82) is 0 Å². The van der Waals surface area contributed by atoms with Crippen molar-refractivity contribution in [3.8, 4) is 11.3 Å². The third-order valence-electron chi connectivity index (χ3n) is 3.51. The summed E-state index contributed by atoms with van der Waals surface area (Å²) in [7, 11) is 0. The molecule has 0 fully saturated rings. The average Bonchev–Trinajstić information content (AvgIpc) is 2.86. The Morgan fingerprint density at radius 2 is 1.83 bits per heavy atom. The Morgan fingerprint density at radius 1 is 1.17 bits per heavy atom. The number of nitrogens with zero attached hydrogens (tertiary/aromatic N) is 2. The second kappa shape index (κ2) is 6.08. The van der Waals surface area contributed by atoms with Crippen molar-refractivity contribution < 1.29 is 18.0 Å². The minimum Gasteiger partial charge on any atom is -0.369 e. The molecule has 0 bridgehead atoms. The molecular weight excluding hydrogens is 434 g/mol. The maximum absolute atomic E-state index is 13.2. The maximum atomic E-state index is 13.2. The minimum atomic E-state index is -4.49. The fourth-order valence-corrected chi connectivity index (χ4v) is 3.54. The van der Waals surface area contributed by atoms with E-state index in [9.17, 15) is 18.0 Å². The predicted octanol–water partition coefficient (Wildman–Crippen LogP) is 3.65. The van der Waals surface area contributed by atoms with Gasteiger partial charge in [-0.2, -0.15) is 13.2 Å². The summed E-state index contributed by atoms with van der Waals surface area (Å²) < 4.78 is 40.8. The van der Waals surface area contributed by atoms with E-state index >= 15 is 0 Å². The van der Waals surface area contributed by atoms with Gasteiger partial charge in [0, 0.05) is 5.56 Å². The highest BCUT2D eigenvalue weighted by Crippen LogP contribution is 2.35. The van der Waals surface area contributed by atoms with Crippen LogP contribution in [0.25, 0.3) is 16.9 Å². The van der Waals surface area contributed by atoms with E-state index in [4.69, 9.17) is 5.73 Å². The Hall–Kier alpha value is -2.10. The number of alkyl halides is 3. The number of primary amides is 1. The lowest BCUT2D eigenvalue weighted by molar-refractivity contribution is -0.138. The van der Waals surface area contributed by atoms with E-state index in [0.717, 1.165) is 6.07 Å². The Kier molecular flexibility index (Phi) is 4.24. The molecule has 124 valence electrons. The lowest BCUT2D eigenvalue weighted by Gasteiger charge is -2.12. The summed E-state index contributed by atoms with van der Waals surface area (Å²) in [6.07, 6.45) is -4.70. The highest BCUT2D eigenvalue weighted by Gasteiger charge is 2.34. The van der Waals surface area contributed by atoms with Gasteiger partial charge in [-0.25, -0.2) is 4.98 Å². The number of hydrogen-bond donors (Lipinski definition) is 1. The van der Waals surface area contributed by atoms with E-state index in [0.29, 0.717) is 22.6 Å². The monoisotopic (exact) mass is 445 g/mol. The zero-order chi connectivity index (χ0) is 17.5. The zero-order valence-electron chi connectivity index (χ0n) is 12.1. The largest absolute Gasteiger partial charge is 0.418 e. The molecule has 0 aliphatic carbocycles. The number of imidazole rings is 1. The van der Waals surface area contributed by atoms with Crippen LogP contribution in [0.15, 0.2) is 42.5 Å². The van der Waals surface area contributed by atoms with Gasteiger partial charge >= 0.3 is 6.18 Å². The Labute approximate surface area is 148 Å². The van der Waals surface area contributed by atoms with Crippen molar-refractivity contribution in [3.63, 3.8) is 0 Å². The Morgan fingerprint density at radius 3 is 2.42 bits per heavy atom. The van der Waals surface area contributed by atoms with Crippen molar-refractivity contribution in [1.82, 2.24) is 9.38 Å². The standard InChI is InChI=1S/C16H11F3IN3O/c17-16(18,19)10-6-7-13-22-14(9-4-2-1-3-5-9)11(8-12(21)24)23(13)15(10)20/h1-7H,8H2,(H2,21,24). The van der Waals surface area contributed by atoms with E-state index in [2.05, 4.69) is 4.98 Å². The molecule has 1 amide bonds. The van der Waals surface area contributed by atoms with Crippen LogP contribution in [0.4, 0.5) is 13.2 Å². The first-order valence-corrected chi connectivity index (χ1v) is 7.97. The van der Waals surface area contributed by atoms with Crippen LogP contribution in [0.5, 0.6) is 0 Å². The fourth-order valence-electron chi connectivity index (χ4n) is 2.52. The van der Waals surface area contributed by atoms with Crippen LogP contribution in [0.1, 0.15) is 11.3 Å². The van der Waals surface area contributed by atoms with Gasteiger partial charge in [0.25, 0.3) is 0 Å². The van der Waals surface area contributed by atoms with Gasteiger partial charge in [-0.1, -0.05) is 30.3 Å². The molecular formula is C16H11F3IN3O. The van der Waals surface area contributed by atoms with Crippen LogP contribution in [0.2, 0.25) is 0 Å². The number of nitrogens with two attached hydrogens (primary N) is 1. The summed E-state index contributed by atoms with van der Waals surface area (Å²) in [6.45, 7) is 0. The number of rotatable bonds is 3. The van der Waals surface area contributed by atoms with E-state index < -0.39 is 17.6 Å². The van der Waals surface area contributed by atoms with Crippen molar-refractivity contribution in [2.75, 3.05) is 0 Å². The molecule has 24 heavy (non-hydrogen) atoms. The third-order valence-corrected chi connectivity index (χ3v) is 4.57. The number of fused-ring (bicyclic) bond motifs is 1. The number of hydrogen-bond acceptors (Lipinski definition) is 2. The van der Waals surface area contributed by atoms with Gasteiger partial charge in [0.1, 0.15) is 5.65 Å². The van der Waals surface area contributed by atoms with Crippen molar-refractivity contribution in [2.24, 2.45) is 5.73 Å². The summed E-state index contributed by atoms with van der Waals surface area (Å²) in [5.74, 6) is -0.637. The summed E-state index contributed by atoms with van der Waals surface area (Å²) in [5.41, 5.74) is 6.35. The Bertz CT molecular complexity index is 920. The average molecular weight is 445 g/mol. The molecule has 0 aliphatic rings. The smallest absolute Gasteiger partial charge is 0.369 e. The number of aromatic nitrogens is 2. The Balaban J connectivity index is 2.34. The lowest BCUT2D eigenvalue weighted by Crippen LogP contribution is -2.17. The molecule has 0 spiro atoms. The summed E-state index contributed by atoms with van der Waals surface area (Å²) in [4.78, 5) is 15.8. The number of carbonyl (C=O) groups is 1. The van der Waals surface area contributed by atoms with Crippen molar-refractivity contribution >= 4 is 34.1 Å². The molecule has 0 saturated carbocycles. The molecule has 0 aliphatic heterocycles. The molecule has 1 aromatic carbocycles. The SMILES string of the molecule is NC(=O)Cc1c(-c2ccccc2)nc2ccc(C(F)(F)F)c(I)n12. The summed E-state index contributed by atoms with van der Waals surface area (Å²) in [5, 5.41) is 0. The second-order valence-corrected chi connectivity index (χ2v) is 6.17. The van der Waals surface area contributed by atoms with E-state index in [1.165, 1.54) is 10.5 Å². The van der Waals surface area contributed by atoms with Gasteiger partial charge in [0.05, 0.1) is 27.1 Å². The van der Waals surface area contributed by atoms with Crippen LogP contribution >= 0.6 is 22.6 Å². The maximum Gasteiger partial charge on any atom is 0.418 e. The molecule has 8 heteroatoms. The van der Waals surface area contributed by atoms with Gasteiger partial charge in [-0.15, -0.1) is 0 Å². The van der Waals surface area contributed by atoms with Crippen molar-refractivity contribution in [3.05, 3.63) is 57.4 Å². The normalized spacial score (nSPS) is 11.8. The lowest BCUT2D eigenvalue weighted by atomic mass is 10.1. The molecule has 3 aromatic rings. The first kappa shape index (κ1) is 16.7. The van der Waals surface area contributed by atoms with Crippen LogP contribution in [-0.2, 0) is 17.4 Å². The highest BCUT2D eigenvalue weighted by molar-refractivity contribution is 14.1. The number of pyridine rings is 1. The molecule has 3 rings (SSSR count). The quantitative estimate of drug-likeness (QED) is 0.495. The van der Waals surface area contributed by atoms with Crippen LogP contribution < -0.4 is 5.73 Å². The first-order chi connectivity index (χ1) is 11.3. The molecule has 0 atom stereocenters. The van der Waals surface area contributed by atoms with Gasteiger partial charge < -0.3 is 5.73 Å². The van der Waals surface area contributed by atoms with E-state index in [1.54, 1.807) is 46.9 Å². The summed E-state index contributed by atoms with van der Waals surface area (Å²) in [6, 6.07) is 11.3. The molecule has 2 aromatic heterocycles. The molecule has 2 N–H and O–H groups in total. The first-order valence-electron chi connectivity index (χ1n) is 6.90. The number of halogens is 4.